The standard InChI is InChI=1S/C15H24N4/c1-4-6-12(3)15(17-7-5-2)13-10-18-19-9-8-16-11-14(13)19/h8-12,15,17H,4-7H2,1-3H3. The first-order chi connectivity index (χ1) is 9.27. The van der Waals surface area contributed by atoms with Gasteiger partial charge in [0.15, 0.2) is 0 Å². The molecule has 2 rings (SSSR count). The van der Waals surface area contributed by atoms with E-state index in [2.05, 4.69) is 36.2 Å². The fourth-order valence-corrected chi connectivity index (χ4v) is 2.63. The van der Waals surface area contributed by atoms with Crippen molar-refractivity contribution in [3.8, 4) is 0 Å². The molecule has 0 saturated carbocycles. The molecule has 4 nitrogen and oxygen atoms in total. The van der Waals surface area contributed by atoms with Gasteiger partial charge in [0.1, 0.15) is 0 Å². The molecule has 0 aromatic carbocycles. The molecule has 2 heterocycles. The van der Waals surface area contributed by atoms with Crippen molar-refractivity contribution in [1.29, 1.82) is 0 Å². The lowest BCUT2D eigenvalue weighted by Crippen LogP contribution is -2.27. The molecule has 2 unspecified atom stereocenters. The molecule has 104 valence electrons. The SMILES string of the molecule is CCCNC(c1cnn2ccncc12)C(C)CCC. The molecule has 0 amide bonds. The monoisotopic (exact) mass is 260 g/mol. The molecule has 0 aliphatic rings. The molecular formula is C15H24N4. The Morgan fingerprint density at radius 2 is 2.11 bits per heavy atom. The van der Waals surface area contributed by atoms with E-state index in [0.29, 0.717) is 12.0 Å². The van der Waals surface area contributed by atoms with Crippen molar-refractivity contribution in [2.75, 3.05) is 6.54 Å². The van der Waals surface area contributed by atoms with Crippen LogP contribution in [0.4, 0.5) is 0 Å². The van der Waals surface area contributed by atoms with E-state index >= 15 is 0 Å². The molecule has 0 fully saturated rings. The molecule has 0 aliphatic carbocycles. The highest BCUT2D eigenvalue weighted by Gasteiger charge is 2.21. The summed E-state index contributed by atoms with van der Waals surface area (Å²) in [4.78, 5) is 4.23. The van der Waals surface area contributed by atoms with Crippen LogP contribution in [0.15, 0.2) is 24.8 Å². The number of rotatable bonds is 7. The Hall–Kier alpha value is -1.42. The number of nitrogens with one attached hydrogen (secondary N) is 1. The first kappa shape index (κ1) is 14.0. The highest BCUT2D eigenvalue weighted by Crippen LogP contribution is 2.28. The molecule has 2 aromatic heterocycles. The van der Waals surface area contributed by atoms with Crippen LogP contribution >= 0.6 is 0 Å². The number of hydrogen-bond acceptors (Lipinski definition) is 3. The average Bonchev–Trinajstić information content (AvgIpc) is 2.84. The number of nitrogens with zero attached hydrogens (tertiary/aromatic N) is 3. The zero-order chi connectivity index (χ0) is 13.7. The van der Waals surface area contributed by atoms with Crippen LogP contribution in [0.3, 0.4) is 0 Å². The minimum Gasteiger partial charge on any atom is -0.310 e. The summed E-state index contributed by atoms with van der Waals surface area (Å²) in [6.45, 7) is 7.80. The minimum absolute atomic E-state index is 0.363. The van der Waals surface area contributed by atoms with E-state index in [-0.39, 0.29) is 0 Å². The summed E-state index contributed by atoms with van der Waals surface area (Å²) in [5, 5.41) is 8.09. The smallest absolute Gasteiger partial charge is 0.0892 e. The molecule has 4 heteroatoms. The zero-order valence-corrected chi connectivity index (χ0v) is 12.1. The van der Waals surface area contributed by atoms with Crippen LogP contribution in [-0.2, 0) is 0 Å². The molecule has 19 heavy (non-hydrogen) atoms. The molecule has 2 atom stereocenters. The Bertz CT molecular complexity index is 506. The van der Waals surface area contributed by atoms with E-state index in [9.17, 15) is 0 Å². The Morgan fingerprint density at radius 3 is 2.84 bits per heavy atom. The van der Waals surface area contributed by atoms with Crippen molar-refractivity contribution in [2.24, 2.45) is 5.92 Å². The molecule has 2 aromatic rings. The Morgan fingerprint density at radius 1 is 1.26 bits per heavy atom. The number of fused-ring (bicyclic) bond motifs is 1. The van der Waals surface area contributed by atoms with E-state index < -0.39 is 0 Å². The molecular weight excluding hydrogens is 236 g/mol. The van der Waals surface area contributed by atoms with Gasteiger partial charge in [0, 0.05) is 24.0 Å². The summed E-state index contributed by atoms with van der Waals surface area (Å²) in [6, 6.07) is 0.363. The topological polar surface area (TPSA) is 42.2 Å². The van der Waals surface area contributed by atoms with Crippen molar-refractivity contribution in [3.63, 3.8) is 0 Å². The summed E-state index contributed by atoms with van der Waals surface area (Å²) in [7, 11) is 0. The van der Waals surface area contributed by atoms with E-state index in [1.165, 1.54) is 18.4 Å². The fourth-order valence-electron chi connectivity index (χ4n) is 2.63. The summed E-state index contributed by atoms with van der Waals surface area (Å²) in [5.74, 6) is 0.602. The lowest BCUT2D eigenvalue weighted by molar-refractivity contribution is 0.365. The predicted octanol–water partition coefficient (Wildman–Crippen LogP) is 3.21. The van der Waals surface area contributed by atoms with Crippen molar-refractivity contribution in [2.45, 2.75) is 46.1 Å². The van der Waals surface area contributed by atoms with Gasteiger partial charge >= 0.3 is 0 Å². The summed E-state index contributed by atoms with van der Waals surface area (Å²) in [5.41, 5.74) is 2.38. The van der Waals surface area contributed by atoms with Gasteiger partial charge in [-0.3, -0.25) is 4.98 Å². The highest BCUT2D eigenvalue weighted by molar-refractivity contribution is 5.53. The first-order valence-corrected chi connectivity index (χ1v) is 7.28. The second-order valence-electron chi connectivity index (χ2n) is 5.20. The van der Waals surface area contributed by atoms with Gasteiger partial charge in [0.05, 0.1) is 17.9 Å². The largest absolute Gasteiger partial charge is 0.310 e. The normalized spacial score (nSPS) is 14.7. The van der Waals surface area contributed by atoms with E-state index in [1.54, 1.807) is 6.20 Å². The van der Waals surface area contributed by atoms with Gasteiger partial charge in [-0.25, -0.2) is 4.52 Å². The predicted molar refractivity (Wildman–Crippen MR) is 78.1 cm³/mol. The second-order valence-corrected chi connectivity index (χ2v) is 5.20. The van der Waals surface area contributed by atoms with Gasteiger partial charge in [-0.15, -0.1) is 0 Å². The minimum atomic E-state index is 0.363. The van der Waals surface area contributed by atoms with Crippen LogP contribution in [-0.4, -0.2) is 21.1 Å². The Kier molecular flexibility index (Phi) is 4.91. The van der Waals surface area contributed by atoms with Crippen LogP contribution in [0.25, 0.3) is 5.52 Å². The highest BCUT2D eigenvalue weighted by atomic mass is 15.2. The first-order valence-electron chi connectivity index (χ1n) is 7.28. The van der Waals surface area contributed by atoms with Crippen LogP contribution in [0.1, 0.15) is 51.6 Å². The van der Waals surface area contributed by atoms with Crippen LogP contribution in [0.2, 0.25) is 0 Å². The zero-order valence-electron chi connectivity index (χ0n) is 12.1. The van der Waals surface area contributed by atoms with Crippen LogP contribution < -0.4 is 5.32 Å². The lowest BCUT2D eigenvalue weighted by atomic mass is 9.91. The summed E-state index contributed by atoms with van der Waals surface area (Å²) >= 11 is 0. The molecule has 0 radical (unpaired) electrons. The third-order valence-corrected chi connectivity index (χ3v) is 3.62. The fraction of sp³-hybridized carbons (Fsp3) is 0.600. The summed E-state index contributed by atoms with van der Waals surface area (Å²) < 4.78 is 1.90. The quantitative estimate of drug-likeness (QED) is 0.831. The molecule has 0 aliphatic heterocycles. The maximum absolute atomic E-state index is 4.43. The molecule has 0 bridgehead atoms. The van der Waals surface area contributed by atoms with Crippen molar-refractivity contribution >= 4 is 5.52 Å². The van der Waals surface area contributed by atoms with Crippen LogP contribution in [0.5, 0.6) is 0 Å². The van der Waals surface area contributed by atoms with Crippen molar-refractivity contribution in [3.05, 3.63) is 30.4 Å². The van der Waals surface area contributed by atoms with Gasteiger partial charge in [0.2, 0.25) is 0 Å². The van der Waals surface area contributed by atoms with Gasteiger partial charge < -0.3 is 5.32 Å². The Labute approximate surface area is 115 Å². The second kappa shape index (κ2) is 6.66. The molecule has 0 spiro atoms. The van der Waals surface area contributed by atoms with E-state index in [1.807, 2.05) is 23.1 Å². The number of aromatic nitrogens is 3. The van der Waals surface area contributed by atoms with Crippen molar-refractivity contribution in [1.82, 2.24) is 19.9 Å². The van der Waals surface area contributed by atoms with Gasteiger partial charge in [-0.1, -0.05) is 27.2 Å². The van der Waals surface area contributed by atoms with E-state index in [0.717, 1.165) is 18.5 Å². The molecule has 0 saturated heterocycles. The van der Waals surface area contributed by atoms with Gasteiger partial charge in [-0.2, -0.15) is 5.10 Å². The number of hydrogen-bond donors (Lipinski definition) is 1. The summed E-state index contributed by atoms with van der Waals surface area (Å²) in [6.07, 6.45) is 11.1. The van der Waals surface area contributed by atoms with Crippen molar-refractivity contribution < 1.29 is 0 Å². The third kappa shape index (κ3) is 3.13. The van der Waals surface area contributed by atoms with Gasteiger partial charge in [0.25, 0.3) is 0 Å². The van der Waals surface area contributed by atoms with Gasteiger partial charge in [-0.05, 0) is 25.3 Å². The maximum atomic E-state index is 4.43. The lowest BCUT2D eigenvalue weighted by Gasteiger charge is -2.24. The van der Waals surface area contributed by atoms with Crippen LogP contribution in [0, 0.1) is 5.92 Å². The van der Waals surface area contributed by atoms with E-state index in [4.69, 9.17) is 0 Å². The Balaban J connectivity index is 2.30. The molecule has 1 N–H and O–H groups in total. The third-order valence-electron chi connectivity index (χ3n) is 3.62. The maximum Gasteiger partial charge on any atom is 0.0892 e. The average molecular weight is 260 g/mol.